The van der Waals surface area contributed by atoms with Crippen molar-refractivity contribution in [2.45, 2.75) is 45.4 Å². The van der Waals surface area contributed by atoms with Crippen molar-refractivity contribution < 1.29 is 24.2 Å². The van der Waals surface area contributed by atoms with Crippen LogP contribution in [-0.4, -0.2) is 51.9 Å². The fourth-order valence-corrected chi connectivity index (χ4v) is 5.52. The first kappa shape index (κ1) is 31.1. The highest BCUT2D eigenvalue weighted by molar-refractivity contribution is 5.98. The molecule has 5 rings (SSSR count). The fraction of sp³-hybridized carbons (Fsp3) is 0.216. The van der Waals surface area contributed by atoms with Crippen molar-refractivity contribution in [3.05, 3.63) is 137 Å². The summed E-state index contributed by atoms with van der Waals surface area (Å²) in [6.07, 6.45) is 2.03. The Bertz CT molecular complexity index is 1780. The molecule has 45 heavy (non-hydrogen) atoms. The Hall–Kier alpha value is -5.37. The number of hydrogen-bond acceptors (Lipinski definition) is 4. The summed E-state index contributed by atoms with van der Waals surface area (Å²) >= 11 is 0. The van der Waals surface area contributed by atoms with Gasteiger partial charge in [-0.3, -0.25) is 9.59 Å². The number of H-pyrrole nitrogens is 1. The van der Waals surface area contributed by atoms with Gasteiger partial charge in [0.25, 0.3) is 5.91 Å². The van der Waals surface area contributed by atoms with E-state index in [9.17, 15) is 19.5 Å². The Morgan fingerprint density at radius 1 is 0.844 bits per heavy atom. The molecule has 1 aromatic heterocycles. The third-order valence-electron chi connectivity index (χ3n) is 7.87. The lowest BCUT2D eigenvalue weighted by Crippen LogP contribution is -2.53. The van der Waals surface area contributed by atoms with Crippen LogP contribution in [0.25, 0.3) is 10.9 Å². The quantitative estimate of drug-likeness (QED) is 0.165. The molecule has 4 aromatic carbocycles. The molecule has 0 unspecified atom stereocenters. The van der Waals surface area contributed by atoms with Gasteiger partial charge >= 0.3 is 5.97 Å². The lowest BCUT2D eigenvalue weighted by molar-refractivity contribution is -0.142. The molecule has 0 saturated heterocycles. The zero-order valence-electron chi connectivity index (χ0n) is 25.6. The van der Waals surface area contributed by atoms with E-state index in [1.54, 1.807) is 25.4 Å². The molecule has 8 nitrogen and oxygen atoms in total. The number of aliphatic carboxylic acids is 1. The van der Waals surface area contributed by atoms with Crippen LogP contribution in [0.15, 0.2) is 103 Å². The number of carboxylic acids is 1. The molecule has 0 aliphatic carbocycles. The van der Waals surface area contributed by atoms with Crippen molar-refractivity contribution in [3.63, 3.8) is 0 Å². The maximum Gasteiger partial charge on any atom is 0.326 e. The van der Waals surface area contributed by atoms with Gasteiger partial charge in [0.1, 0.15) is 24.4 Å². The molecule has 5 aromatic rings. The van der Waals surface area contributed by atoms with Crippen molar-refractivity contribution in [2.24, 2.45) is 0 Å². The van der Waals surface area contributed by atoms with Gasteiger partial charge in [0.15, 0.2) is 0 Å². The summed E-state index contributed by atoms with van der Waals surface area (Å²) < 4.78 is 5.91. The Balaban J connectivity index is 1.37. The van der Waals surface area contributed by atoms with E-state index in [0.29, 0.717) is 17.9 Å². The lowest BCUT2D eigenvalue weighted by Gasteiger charge is -2.29. The monoisotopic (exact) mass is 603 g/mol. The summed E-state index contributed by atoms with van der Waals surface area (Å²) in [7, 11) is 1.58. The summed E-state index contributed by atoms with van der Waals surface area (Å²) in [4.78, 5) is 44.5. The second-order valence-electron chi connectivity index (χ2n) is 11.4. The first-order valence-corrected chi connectivity index (χ1v) is 14.9. The number of amides is 2. The number of hydrogen-bond donors (Lipinski definition) is 3. The van der Waals surface area contributed by atoms with E-state index in [2.05, 4.69) is 10.3 Å². The van der Waals surface area contributed by atoms with E-state index in [0.717, 1.165) is 38.7 Å². The normalized spacial score (nSPS) is 12.3. The number of benzene rings is 4. The van der Waals surface area contributed by atoms with Crippen molar-refractivity contribution in [3.8, 4) is 5.75 Å². The number of nitrogens with zero attached hydrogens (tertiary/aromatic N) is 1. The molecule has 0 saturated carbocycles. The van der Waals surface area contributed by atoms with Gasteiger partial charge < -0.3 is 25.0 Å². The number of likely N-dealkylation sites (N-methyl/N-ethyl adjacent to an activating group) is 1. The summed E-state index contributed by atoms with van der Waals surface area (Å²) in [6.45, 7) is 4.25. The van der Waals surface area contributed by atoms with Crippen molar-refractivity contribution in [2.75, 3.05) is 7.05 Å². The number of rotatable bonds is 12. The molecule has 2 atom stereocenters. The molecule has 0 spiro atoms. The number of carbonyl (C=O) groups is 3. The highest BCUT2D eigenvalue weighted by Gasteiger charge is 2.32. The van der Waals surface area contributed by atoms with E-state index in [1.165, 1.54) is 4.90 Å². The number of aromatic nitrogens is 1. The van der Waals surface area contributed by atoms with Gasteiger partial charge in [0, 0.05) is 42.6 Å². The lowest BCUT2D eigenvalue weighted by atomic mass is 10.0. The molecule has 8 heteroatoms. The van der Waals surface area contributed by atoms with Crippen LogP contribution in [0, 0.1) is 13.8 Å². The average molecular weight is 604 g/mol. The molecule has 3 N–H and O–H groups in total. The SMILES string of the molecule is Cc1cc(C)cc(C(=O)N(C)[C@@H](Cc2ccc(OCc3ccccc3)cc2)C(=O)N[C@@H](Cc2c[nH]c3ccccc23)C(=O)O)c1. The first-order chi connectivity index (χ1) is 21.7. The fourth-order valence-electron chi connectivity index (χ4n) is 5.52. The largest absolute Gasteiger partial charge is 0.489 e. The third-order valence-corrected chi connectivity index (χ3v) is 7.87. The molecule has 230 valence electrons. The predicted molar refractivity (Wildman–Crippen MR) is 174 cm³/mol. The number of aryl methyl sites for hydroxylation is 2. The number of fused-ring (bicyclic) bond motifs is 1. The molecule has 0 bridgehead atoms. The number of carboxylic acid groups (broad SMARTS) is 1. The van der Waals surface area contributed by atoms with Gasteiger partial charge in [-0.25, -0.2) is 4.79 Å². The Morgan fingerprint density at radius 2 is 1.51 bits per heavy atom. The van der Waals surface area contributed by atoms with Gasteiger partial charge in [-0.15, -0.1) is 0 Å². The summed E-state index contributed by atoms with van der Waals surface area (Å²) in [5, 5.41) is 13.7. The number of carbonyl (C=O) groups excluding carboxylic acids is 2. The minimum Gasteiger partial charge on any atom is -0.489 e. The summed E-state index contributed by atoms with van der Waals surface area (Å²) in [5.41, 5.74) is 5.84. The standard InChI is InChI=1S/C37H37N3O5/c1-24-17-25(2)19-28(18-24)36(42)40(3)34(20-26-13-15-30(16-14-26)45-23-27-9-5-4-6-10-27)35(41)39-33(37(43)44)21-29-22-38-32-12-8-7-11-31(29)32/h4-19,22,33-34,38H,20-21,23H2,1-3H3,(H,39,41)(H,43,44)/t33-,34-/m0/s1. The maximum atomic E-state index is 13.9. The van der Waals surface area contributed by atoms with Crippen LogP contribution in [0.2, 0.25) is 0 Å². The highest BCUT2D eigenvalue weighted by Crippen LogP contribution is 2.21. The average Bonchev–Trinajstić information content (AvgIpc) is 3.44. The minimum absolute atomic E-state index is 0.0833. The van der Waals surface area contributed by atoms with E-state index in [-0.39, 0.29) is 18.7 Å². The van der Waals surface area contributed by atoms with Crippen molar-refractivity contribution in [1.29, 1.82) is 0 Å². The topological polar surface area (TPSA) is 112 Å². The van der Waals surface area contributed by atoms with Crippen LogP contribution in [0.5, 0.6) is 5.75 Å². The second-order valence-corrected chi connectivity index (χ2v) is 11.4. The molecule has 1 heterocycles. The summed E-state index contributed by atoms with van der Waals surface area (Å²) in [5.74, 6) is -1.36. The van der Waals surface area contributed by atoms with Crippen LogP contribution in [0.1, 0.15) is 38.2 Å². The Labute approximate surface area is 262 Å². The third kappa shape index (κ3) is 7.78. The molecule has 0 aliphatic heterocycles. The van der Waals surface area contributed by atoms with Gasteiger partial charge in [0.05, 0.1) is 0 Å². The van der Waals surface area contributed by atoms with Gasteiger partial charge in [-0.1, -0.05) is 77.9 Å². The predicted octanol–water partition coefficient (Wildman–Crippen LogP) is 5.86. The van der Waals surface area contributed by atoms with E-state index in [4.69, 9.17) is 4.74 Å². The maximum absolute atomic E-state index is 13.9. The number of aromatic amines is 1. The van der Waals surface area contributed by atoms with Gasteiger partial charge in [-0.05, 0) is 60.9 Å². The molecule has 0 radical (unpaired) electrons. The molecular formula is C37H37N3O5. The van der Waals surface area contributed by atoms with Crippen LogP contribution in [-0.2, 0) is 29.0 Å². The number of para-hydroxylation sites is 1. The van der Waals surface area contributed by atoms with E-state index >= 15 is 0 Å². The van der Waals surface area contributed by atoms with Gasteiger partial charge in [0.2, 0.25) is 5.91 Å². The van der Waals surface area contributed by atoms with Crippen LogP contribution < -0.4 is 10.1 Å². The molecule has 2 amide bonds. The van der Waals surface area contributed by atoms with Crippen LogP contribution in [0.4, 0.5) is 0 Å². The second kappa shape index (κ2) is 13.9. The van der Waals surface area contributed by atoms with E-state index < -0.39 is 24.0 Å². The molecular weight excluding hydrogens is 566 g/mol. The van der Waals surface area contributed by atoms with E-state index in [1.807, 2.05) is 98.8 Å². The number of ether oxygens (including phenoxy) is 1. The molecule has 0 fully saturated rings. The minimum atomic E-state index is -1.20. The van der Waals surface area contributed by atoms with Crippen LogP contribution in [0.3, 0.4) is 0 Å². The first-order valence-electron chi connectivity index (χ1n) is 14.9. The molecule has 0 aliphatic rings. The van der Waals surface area contributed by atoms with Crippen LogP contribution >= 0.6 is 0 Å². The van der Waals surface area contributed by atoms with Gasteiger partial charge in [-0.2, -0.15) is 0 Å². The zero-order chi connectivity index (χ0) is 31.9. The smallest absolute Gasteiger partial charge is 0.326 e. The zero-order valence-corrected chi connectivity index (χ0v) is 25.6. The van der Waals surface area contributed by atoms with Crippen molar-refractivity contribution >= 4 is 28.7 Å². The summed E-state index contributed by atoms with van der Waals surface area (Å²) in [6, 6.07) is 28.2. The Morgan fingerprint density at radius 3 is 2.20 bits per heavy atom. The highest BCUT2D eigenvalue weighted by atomic mass is 16.5. The number of nitrogens with one attached hydrogen (secondary N) is 2. The Kier molecular flexibility index (Phi) is 9.63. The van der Waals surface area contributed by atoms with Crippen molar-refractivity contribution in [1.82, 2.24) is 15.2 Å².